The van der Waals surface area contributed by atoms with E-state index in [1.54, 1.807) is 31.2 Å². The van der Waals surface area contributed by atoms with Gasteiger partial charge in [-0.25, -0.2) is 22.6 Å². The summed E-state index contributed by atoms with van der Waals surface area (Å²) < 4.78 is 63.0. The number of carbonyl (C=O) groups is 3. The molecule has 204 valence electrons. The minimum atomic E-state index is -4.07. The predicted molar refractivity (Wildman–Crippen MR) is 130 cm³/mol. The van der Waals surface area contributed by atoms with Crippen molar-refractivity contribution < 1.29 is 41.1 Å². The van der Waals surface area contributed by atoms with E-state index in [2.05, 4.69) is 15.6 Å². The monoisotopic (exact) mass is 534 g/mol. The smallest absolute Gasteiger partial charge is 0.321 e. The molecule has 2 N–H and O–H groups in total. The highest BCUT2D eigenvalue weighted by atomic mass is 32.2. The van der Waals surface area contributed by atoms with Gasteiger partial charge in [0.25, 0.3) is 0 Å². The first-order valence-corrected chi connectivity index (χ1v) is 13.6. The van der Waals surface area contributed by atoms with Crippen LogP contribution in [-0.2, 0) is 45.5 Å². The number of aryl methyl sites for hydroxylation is 1. The Morgan fingerprint density at radius 3 is 2.25 bits per heavy atom. The number of hydrogen-bond donors (Lipinski definition) is 2. The van der Waals surface area contributed by atoms with E-state index in [4.69, 9.17) is 4.74 Å². The van der Waals surface area contributed by atoms with Gasteiger partial charge in [0.15, 0.2) is 9.84 Å². The molecule has 1 atom stereocenters. The number of hydrazine groups is 1. The second-order valence-corrected chi connectivity index (χ2v) is 10.7. The van der Waals surface area contributed by atoms with E-state index >= 15 is 0 Å². The molecule has 0 spiro atoms. The van der Waals surface area contributed by atoms with Crippen molar-refractivity contribution in [3.8, 4) is 0 Å². The summed E-state index contributed by atoms with van der Waals surface area (Å²) in [5, 5.41) is 0. The molecule has 1 aromatic carbocycles. The van der Waals surface area contributed by atoms with Gasteiger partial charge in [-0.2, -0.15) is 0 Å². The number of benzene rings is 1. The number of ether oxygens (including phenoxy) is 2. The van der Waals surface area contributed by atoms with Crippen LogP contribution in [0.2, 0.25) is 0 Å². The molecule has 0 aliphatic rings. The maximum atomic E-state index is 14.7. The molecule has 1 aromatic rings. The van der Waals surface area contributed by atoms with Crippen LogP contribution >= 0.6 is 0 Å². The quantitative estimate of drug-likeness (QED) is 0.245. The molecule has 0 heterocycles. The number of alkyl halides is 2. The molecule has 1 rings (SSSR count). The van der Waals surface area contributed by atoms with Crippen molar-refractivity contribution >= 4 is 27.7 Å². The van der Waals surface area contributed by atoms with Gasteiger partial charge in [0.2, 0.25) is 11.8 Å². The molecule has 0 bridgehead atoms. The van der Waals surface area contributed by atoms with E-state index in [-0.39, 0.29) is 32.0 Å². The van der Waals surface area contributed by atoms with Crippen LogP contribution in [0.1, 0.15) is 57.6 Å². The highest BCUT2D eigenvalue weighted by Crippen LogP contribution is 2.36. The van der Waals surface area contributed by atoms with Crippen LogP contribution < -0.4 is 10.9 Å². The zero-order valence-corrected chi connectivity index (χ0v) is 22.0. The number of halogens is 2. The summed E-state index contributed by atoms with van der Waals surface area (Å²) in [5.41, 5.74) is 4.79. The lowest BCUT2D eigenvalue weighted by molar-refractivity contribution is -0.143. The Morgan fingerprint density at radius 2 is 1.64 bits per heavy atom. The van der Waals surface area contributed by atoms with E-state index < -0.39 is 57.4 Å². The zero-order chi connectivity index (χ0) is 27.4. The third-order valence-corrected chi connectivity index (χ3v) is 7.14. The molecule has 0 radical (unpaired) electrons. The van der Waals surface area contributed by atoms with Crippen LogP contribution in [0.4, 0.5) is 8.78 Å². The van der Waals surface area contributed by atoms with Crippen LogP contribution in [0.25, 0.3) is 0 Å². The molecule has 0 saturated carbocycles. The largest absolute Gasteiger partial charge is 0.466 e. The summed E-state index contributed by atoms with van der Waals surface area (Å²) in [6.45, 7) is 4.99. The van der Waals surface area contributed by atoms with E-state index in [9.17, 15) is 31.6 Å². The van der Waals surface area contributed by atoms with Gasteiger partial charge in [-0.15, -0.1) is 0 Å². The SMILES string of the molecule is CCOC(=O)CCc1cccc(C(C)(CCC(F)(F)CCS(=O)(=O)CC(=O)OCC)C(=O)NNC)c1. The molecule has 12 heteroatoms. The van der Waals surface area contributed by atoms with Crippen LogP contribution in [-0.4, -0.2) is 64.0 Å². The molecule has 0 aliphatic heterocycles. The van der Waals surface area contributed by atoms with E-state index in [0.29, 0.717) is 12.0 Å². The first-order chi connectivity index (χ1) is 16.8. The van der Waals surface area contributed by atoms with E-state index in [1.165, 1.54) is 20.9 Å². The molecule has 0 fully saturated rings. The van der Waals surface area contributed by atoms with E-state index in [1.807, 2.05) is 0 Å². The van der Waals surface area contributed by atoms with Crippen LogP contribution in [0, 0.1) is 0 Å². The highest BCUT2D eigenvalue weighted by molar-refractivity contribution is 7.92. The van der Waals surface area contributed by atoms with Gasteiger partial charge >= 0.3 is 11.9 Å². The van der Waals surface area contributed by atoms with Crippen molar-refractivity contribution in [3.63, 3.8) is 0 Å². The Kier molecular flexibility index (Phi) is 12.4. The minimum absolute atomic E-state index is 0.0121. The topological polar surface area (TPSA) is 128 Å². The molecule has 0 saturated heterocycles. The molecule has 0 aromatic heterocycles. The van der Waals surface area contributed by atoms with Gasteiger partial charge in [-0.05, 0) is 44.7 Å². The Balaban J connectivity index is 2.99. The lowest BCUT2D eigenvalue weighted by Gasteiger charge is -2.31. The van der Waals surface area contributed by atoms with Crippen molar-refractivity contribution in [1.29, 1.82) is 0 Å². The maximum Gasteiger partial charge on any atom is 0.321 e. The summed E-state index contributed by atoms with van der Waals surface area (Å²) in [5.74, 6) is -7.14. The third-order valence-electron chi connectivity index (χ3n) is 5.64. The zero-order valence-electron chi connectivity index (χ0n) is 21.2. The van der Waals surface area contributed by atoms with Crippen molar-refractivity contribution in [2.75, 3.05) is 31.8 Å². The molecular weight excluding hydrogens is 498 g/mol. The number of hydrogen-bond acceptors (Lipinski definition) is 8. The fraction of sp³-hybridized carbons (Fsp3) is 0.625. The van der Waals surface area contributed by atoms with Crippen molar-refractivity contribution in [3.05, 3.63) is 35.4 Å². The lowest BCUT2D eigenvalue weighted by atomic mass is 9.76. The van der Waals surface area contributed by atoms with Crippen LogP contribution in [0.3, 0.4) is 0 Å². The number of sulfone groups is 1. The van der Waals surface area contributed by atoms with Gasteiger partial charge in [0.05, 0.1) is 24.4 Å². The lowest BCUT2D eigenvalue weighted by Crippen LogP contribution is -2.47. The summed E-state index contributed by atoms with van der Waals surface area (Å²) in [6, 6.07) is 6.78. The van der Waals surface area contributed by atoms with Crippen molar-refractivity contribution in [1.82, 2.24) is 10.9 Å². The van der Waals surface area contributed by atoms with Crippen LogP contribution in [0.5, 0.6) is 0 Å². The van der Waals surface area contributed by atoms with Gasteiger partial charge in [0.1, 0.15) is 5.75 Å². The second kappa shape index (κ2) is 14.2. The fourth-order valence-corrected chi connectivity index (χ4v) is 4.70. The Morgan fingerprint density at radius 1 is 1.00 bits per heavy atom. The standard InChI is InChI=1S/C24H36F2N2O7S/c1-5-34-20(29)11-10-18-8-7-9-19(16-18)23(3,22(31)28-27-4)12-13-24(25,26)14-15-36(32,33)17-21(30)35-6-2/h7-9,16,27H,5-6,10-15,17H2,1-4H3,(H,28,31). The van der Waals surface area contributed by atoms with Crippen LogP contribution in [0.15, 0.2) is 24.3 Å². The number of rotatable bonds is 16. The Labute approximate surface area is 211 Å². The fourth-order valence-electron chi connectivity index (χ4n) is 3.51. The summed E-state index contributed by atoms with van der Waals surface area (Å²) in [4.78, 5) is 36.0. The Hall–Kier alpha value is -2.60. The number of amides is 1. The molecule has 36 heavy (non-hydrogen) atoms. The predicted octanol–water partition coefficient (Wildman–Crippen LogP) is 2.47. The van der Waals surface area contributed by atoms with Gasteiger partial charge < -0.3 is 9.47 Å². The maximum absolute atomic E-state index is 14.7. The summed E-state index contributed by atoms with van der Waals surface area (Å²) in [6.07, 6.45) is -1.55. The van der Waals surface area contributed by atoms with Gasteiger partial charge in [0, 0.05) is 26.3 Å². The minimum Gasteiger partial charge on any atom is -0.466 e. The molecule has 1 amide bonds. The average Bonchev–Trinajstić information content (AvgIpc) is 2.80. The van der Waals surface area contributed by atoms with Crippen molar-refractivity contribution in [2.45, 2.75) is 64.2 Å². The number of carbonyl (C=O) groups excluding carboxylic acids is 3. The molecule has 0 aliphatic carbocycles. The molecular formula is C24H36F2N2O7S. The third kappa shape index (κ3) is 10.6. The Bertz CT molecular complexity index is 1000. The van der Waals surface area contributed by atoms with Gasteiger partial charge in [-0.1, -0.05) is 24.3 Å². The summed E-state index contributed by atoms with van der Waals surface area (Å²) in [7, 11) is -2.60. The summed E-state index contributed by atoms with van der Waals surface area (Å²) >= 11 is 0. The number of esters is 2. The normalized spacial score (nSPS) is 13.5. The van der Waals surface area contributed by atoms with E-state index in [0.717, 1.165) is 5.56 Å². The molecule has 1 unspecified atom stereocenters. The first-order valence-electron chi connectivity index (χ1n) is 11.7. The van der Waals surface area contributed by atoms with Crippen molar-refractivity contribution in [2.24, 2.45) is 0 Å². The highest BCUT2D eigenvalue weighted by Gasteiger charge is 2.40. The van der Waals surface area contributed by atoms with Gasteiger partial charge in [-0.3, -0.25) is 19.8 Å². The molecule has 9 nitrogen and oxygen atoms in total. The first kappa shape index (κ1) is 31.4. The second-order valence-electron chi connectivity index (χ2n) is 8.54. The average molecular weight is 535 g/mol. The number of nitrogens with one attached hydrogen (secondary N) is 2.